The monoisotopic (exact) mass is 346 g/mol. The average Bonchev–Trinajstić information content (AvgIpc) is 3.04. The number of halogens is 2. The van der Waals surface area contributed by atoms with Crippen LogP contribution in [0.5, 0.6) is 5.75 Å². The molecule has 0 unspecified atom stereocenters. The van der Waals surface area contributed by atoms with E-state index in [2.05, 4.69) is 15.4 Å². The third kappa shape index (κ3) is 3.21. The van der Waals surface area contributed by atoms with Crippen LogP contribution in [-0.2, 0) is 6.61 Å². The number of benzene rings is 2. The van der Waals surface area contributed by atoms with Crippen LogP contribution in [0, 0.1) is 5.82 Å². The molecular weight excluding hydrogens is 335 g/mol. The van der Waals surface area contributed by atoms with Crippen molar-refractivity contribution < 1.29 is 13.9 Å². The van der Waals surface area contributed by atoms with Crippen LogP contribution in [0.2, 0.25) is 5.02 Å². The molecule has 0 bridgehead atoms. The smallest absolute Gasteiger partial charge is 0.271 e. The van der Waals surface area contributed by atoms with Gasteiger partial charge in [0.05, 0.1) is 0 Å². The number of nitrogens with one attached hydrogen (secondary N) is 1. The highest BCUT2D eigenvalue weighted by Gasteiger charge is 2.19. The molecule has 2 aromatic carbocycles. The highest BCUT2D eigenvalue weighted by Crippen LogP contribution is 2.33. The van der Waals surface area contributed by atoms with E-state index >= 15 is 0 Å². The molecule has 24 heavy (non-hydrogen) atoms. The van der Waals surface area contributed by atoms with Gasteiger partial charge in [-0.3, -0.25) is 4.79 Å². The molecule has 1 aromatic heterocycles. The number of primary amides is 1. The van der Waals surface area contributed by atoms with Crippen molar-refractivity contribution in [1.82, 2.24) is 15.4 Å². The maximum Gasteiger partial charge on any atom is 0.271 e. The molecule has 0 aliphatic rings. The Bertz CT molecular complexity index is 897. The molecule has 3 rings (SSSR count). The first-order valence-electron chi connectivity index (χ1n) is 6.93. The molecular formula is C16H12ClFN4O2. The van der Waals surface area contributed by atoms with Gasteiger partial charge in [0.2, 0.25) is 0 Å². The zero-order valence-electron chi connectivity index (χ0n) is 12.3. The number of carbonyl (C=O) groups is 1. The van der Waals surface area contributed by atoms with E-state index in [1.807, 2.05) is 0 Å². The summed E-state index contributed by atoms with van der Waals surface area (Å²) in [5.74, 6) is -0.731. The van der Waals surface area contributed by atoms with Gasteiger partial charge in [0.15, 0.2) is 5.69 Å². The summed E-state index contributed by atoms with van der Waals surface area (Å²) in [6.45, 7) is 0.00502. The lowest BCUT2D eigenvalue weighted by atomic mass is 10.1. The molecule has 0 radical (unpaired) electrons. The van der Waals surface area contributed by atoms with Gasteiger partial charge in [0.1, 0.15) is 23.9 Å². The lowest BCUT2D eigenvalue weighted by Gasteiger charge is -2.11. The van der Waals surface area contributed by atoms with Crippen molar-refractivity contribution in [3.63, 3.8) is 0 Å². The van der Waals surface area contributed by atoms with Crippen molar-refractivity contribution in [2.45, 2.75) is 6.61 Å². The first kappa shape index (κ1) is 15.9. The van der Waals surface area contributed by atoms with Gasteiger partial charge in [-0.15, -0.1) is 0 Å². The third-order valence-corrected chi connectivity index (χ3v) is 3.55. The van der Waals surface area contributed by atoms with Crippen molar-refractivity contribution in [1.29, 1.82) is 0 Å². The van der Waals surface area contributed by atoms with E-state index in [1.54, 1.807) is 36.4 Å². The number of nitrogens with two attached hydrogens (primary N) is 1. The number of hydrogen-bond acceptors (Lipinski definition) is 4. The Morgan fingerprint density at radius 3 is 2.79 bits per heavy atom. The topological polar surface area (TPSA) is 93.9 Å². The second-order valence-corrected chi connectivity index (χ2v) is 5.34. The van der Waals surface area contributed by atoms with Crippen LogP contribution in [0.25, 0.3) is 11.3 Å². The van der Waals surface area contributed by atoms with Crippen LogP contribution >= 0.6 is 11.6 Å². The molecule has 3 N–H and O–H groups in total. The number of amides is 1. The van der Waals surface area contributed by atoms with Crippen molar-refractivity contribution in [3.8, 4) is 17.0 Å². The average molecular weight is 347 g/mol. The summed E-state index contributed by atoms with van der Waals surface area (Å²) in [5, 5.41) is 10.4. The largest absolute Gasteiger partial charge is 0.488 e. The fraction of sp³-hybridized carbons (Fsp3) is 0.0625. The predicted molar refractivity (Wildman–Crippen MR) is 86.1 cm³/mol. The summed E-state index contributed by atoms with van der Waals surface area (Å²) in [6, 6.07) is 11.1. The maximum absolute atomic E-state index is 13.7. The standard InChI is InChI=1S/C16H12ClFN4O2/c17-10-5-6-13(24-8-9-3-1-2-4-12(9)18)11(7-10)14-15(16(19)23)21-22-20-14/h1-7H,8H2,(H2,19,23)(H,20,21,22). The second kappa shape index (κ2) is 6.67. The SMILES string of the molecule is NC(=O)c1n[nH]nc1-c1cc(Cl)ccc1OCc1ccccc1F. The van der Waals surface area contributed by atoms with Gasteiger partial charge in [-0.25, -0.2) is 4.39 Å². The second-order valence-electron chi connectivity index (χ2n) is 4.91. The normalized spacial score (nSPS) is 10.6. The number of nitrogens with zero attached hydrogens (tertiary/aromatic N) is 2. The number of aromatic nitrogens is 3. The summed E-state index contributed by atoms with van der Waals surface area (Å²) in [4.78, 5) is 11.5. The first-order chi connectivity index (χ1) is 11.6. The van der Waals surface area contributed by atoms with E-state index < -0.39 is 5.91 Å². The van der Waals surface area contributed by atoms with Gasteiger partial charge in [0.25, 0.3) is 5.91 Å². The quantitative estimate of drug-likeness (QED) is 0.742. The zero-order valence-corrected chi connectivity index (χ0v) is 13.0. The Hall–Kier alpha value is -2.93. The van der Waals surface area contributed by atoms with E-state index in [0.717, 1.165) is 0 Å². The number of carbonyl (C=O) groups excluding carboxylic acids is 1. The molecule has 0 aliphatic heterocycles. The minimum absolute atomic E-state index is 0.00502. The van der Waals surface area contributed by atoms with Crippen LogP contribution in [0.3, 0.4) is 0 Å². The number of H-pyrrole nitrogens is 1. The van der Waals surface area contributed by atoms with Crippen LogP contribution in [0.4, 0.5) is 4.39 Å². The molecule has 0 atom stereocenters. The van der Waals surface area contributed by atoms with Gasteiger partial charge in [-0.05, 0) is 24.3 Å². The third-order valence-electron chi connectivity index (χ3n) is 3.32. The summed E-state index contributed by atoms with van der Waals surface area (Å²) < 4.78 is 19.4. The molecule has 8 heteroatoms. The van der Waals surface area contributed by atoms with E-state index in [9.17, 15) is 9.18 Å². The molecule has 0 saturated heterocycles. The summed E-state index contributed by atoms with van der Waals surface area (Å²) in [7, 11) is 0. The highest BCUT2D eigenvalue weighted by atomic mass is 35.5. The van der Waals surface area contributed by atoms with Crippen molar-refractivity contribution in [3.05, 3.63) is 64.6 Å². The summed E-state index contributed by atoms with van der Waals surface area (Å²) >= 11 is 6.02. The lowest BCUT2D eigenvalue weighted by molar-refractivity contribution is 0.0996. The Morgan fingerprint density at radius 1 is 1.25 bits per heavy atom. The molecule has 6 nitrogen and oxygen atoms in total. The van der Waals surface area contributed by atoms with E-state index in [0.29, 0.717) is 21.9 Å². The fourth-order valence-corrected chi connectivity index (χ4v) is 2.35. The van der Waals surface area contributed by atoms with Gasteiger partial charge >= 0.3 is 0 Å². The Kier molecular flexibility index (Phi) is 4.43. The van der Waals surface area contributed by atoms with Crippen LogP contribution < -0.4 is 10.5 Å². The van der Waals surface area contributed by atoms with Gasteiger partial charge in [-0.1, -0.05) is 29.8 Å². The molecule has 0 saturated carbocycles. The van der Waals surface area contributed by atoms with E-state index in [4.69, 9.17) is 22.1 Å². The zero-order chi connectivity index (χ0) is 17.1. The van der Waals surface area contributed by atoms with E-state index in [-0.39, 0.29) is 23.8 Å². The maximum atomic E-state index is 13.7. The highest BCUT2D eigenvalue weighted by molar-refractivity contribution is 6.31. The summed E-state index contributed by atoms with van der Waals surface area (Å²) in [5.41, 5.74) is 6.30. The Labute approximate surface area is 141 Å². The number of ether oxygens (including phenoxy) is 1. The van der Waals surface area contributed by atoms with Gasteiger partial charge in [-0.2, -0.15) is 15.4 Å². The van der Waals surface area contributed by atoms with Gasteiger partial charge in [0, 0.05) is 16.1 Å². The molecule has 1 heterocycles. The first-order valence-corrected chi connectivity index (χ1v) is 7.30. The lowest BCUT2D eigenvalue weighted by Crippen LogP contribution is -2.13. The van der Waals surface area contributed by atoms with Crippen molar-refractivity contribution >= 4 is 17.5 Å². The number of aromatic amines is 1. The molecule has 0 spiro atoms. The Balaban J connectivity index is 1.96. The molecule has 0 aliphatic carbocycles. The predicted octanol–water partition coefficient (Wildman–Crippen LogP) is 2.94. The molecule has 3 aromatic rings. The van der Waals surface area contributed by atoms with Gasteiger partial charge < -0.3 is 10.5 Å². The van der Waals surface area contributed by atoms with Crippen LogP contribution in [0.1, 0.15) is 16.1 Å². The molecule has 122 valence electrons. The van der Waals surface area contributed by atoms with Crippen LogP contribution in [-0.4, -0.2) is 21.3 Å². The fourth-order valence-electron chi connectivity index (χ4n) is 2.17. The Morgan fingerprint density at radius 2 is 2.04 bits per heavy atom. The minimum Gasteiger partial charge on any atom is -0.488 e. The van der Waals surface area contributed by atoms with Crippen molar-refractivity contribution in [2.75, 3.05) is 0 Å². The van der Waals surface area contributed by atoms with Crippen LogP contribution in [0.15, 0.2) is 42.5 Å². The summed E-state index contributed by atoms with van der Waals surface area (Å²) in [6.07, 6.45) is 0. The van der Waals surface area contributed by atoms with E-state index in [1.165, 1.54) is 6.07 Å². The minimum atomic E-state index is -0.737. The molecule has 1 amide bonds. The number of rotatable bonds is 5. The van der Waals surface area contributed by atoms with Crippen molar-refractivity contribution in [2.24, 2.45) is 5.73 Å². The molecule has 0 fully saturated rings. The number of hydrogen-bond donors (Lipinski definition) is 2.